The molecule has 1 unspecified atom stereocenters. The maximum atomic E-state index is 12.3. The number of esters is 1. The first-order valence-corrected chi connectivity index (χ1v) is 9.26. The highest BCUT2D eigenvalue weighted by Crippen LogP contribution is 2.20. The number of carbonyl (C=O) groups is 3. The fourth-order valence-electron chi connectivity index (χ4n) is 3.16. The summed E-state index contributed by atoms with van der Waals surface area (Å²) >= 11 is 0. The average Bonchev–Trinajstić information content (AvgIpc) is 2.71. The normalized spacial score (nSPS) is 16.6. The van der Waals surface area contributed by atoms with Crippen LogP contribution < -0.4 is 4.74 Å². The maximum Gasteiger partial charge on any atom is 0.311 e. The number of likely N-dealkylation sites (N-methyl/N-ethyl adjacent to an activating group) is 1. The number of rotatable bonds is 7. The second-order valence-corrected chi connectivity index (χ2v) is 6.70. The van der Waals surface area contributed by atoms with E-state index in [9.17, 15) is 14.4 Å². The van der Waals surface area contributed by atoms with Crippen molar-refractivity contribution in [3.63, 3.8) is 0 Å². The summed E-state index contributed by atoms with van der Waals surface area (Å²) in [6.45, 7) is 2.92. The molecule has 148 valence electrons. The molecule has 7 nitrogen and oxygen atoms in total. The van der Waals surface area contributed by atoms with Gasteiger partial charge in [0.05, 0.1) is 13.0 Å². The van der Waals surface area contributed by atoms with E-state index in [0.717, 1.165) is 12.0 Å². The van der Waals surface area contributed by atoms with Gasteiger partial charge in [-0.15, -0.1) is 0 Å². The molecule has 7 heteroatoms. The summed E-state index contributed by atoms with van der Waals surface area (Å²) in [6.07, 6.45) is 1.87. The van der Waals surface area contributed by atoms with E-state index >= 15 is 0 Å². The molecule has 0 aromatic heterocycles. The Balaban J connectivity index is 1.83. The highest BCUT2D eigenvalue weighted by atomic mass is 16.5. The second-order valence-electron chi connectivity index (χ2n) is 6.70. The van der Waals surface area contributed by atoms with E-state index in [4.69, 9.17) is 9.47 Å². The van der Waals surface area contributed by atoms with Crippen LogP contribution in [0.25, 0.3) is 0 Å². The monoisotopic (exact) mass is 376 g/mol. The van der Waals surface area contributed by atoms with E-state index in [0.29, 0.717) is 38.2 Å². The molecular weight excluding hydrogens is 348 g/mol. The standard InChI is InChI=1S/C20H28N2O5/c1-4-18(23)22-11-7-9-16(13-22)20(25)27-14-19(24)21(2)12-15-8-5-6-10-17(15)26-3/h5-6,8,10,16H,4,7,9,11-14H2,1-3H3. The van der Waals surface area contributed by atoms with Crippen LogP contribution in [0.2, 0.25) is 0 Å². The molecule has 0 radical (unpaired) electrons. The predicted octanol–water partition coefficient (Wildman–Crippen LogP) is 1.85. The van der Waals surface area contributed by atoms with Crippen molar-refractivity contribution in [3.8, 4) is 5.75 Å². The minimum absolute atomic E-state index is 0.0418. The quantitative estimate of drug-likeness (QED) is 0.679. The minimum Gasteiger partial charge on any atom is -0.496 e. The van der Waals surface area contributed by atoms with E-state index in [1.807, 2.05) is 24.3 Å². The Hall–Kier alpha value is -2.57. The fourth-order valence-corrected chi connectivity index (χ4v) is 3.16. The molecule has 2 amide bonds. The van der Waals surface area contributed by atoms with Gasteiger partial charge in [0, 0.05) is 38.7 Å². The number of benzene rings is 1. The van der Waals surface area contributed by atoms with Crippen LogP contribution in [0.5, 0.6) is 5.75 Å². The summed E-state index contributed by atoms with van der Waals surface area (Å²) in [7, 11) is 3.24. The summed E-state index contributed by atoms with van der Waals surface area (Å²) in [5, 5.41) is 0. The van der Waals surface area contributed by atoms with Crippen LogP contribution >= 0.6 is 0 Å². The van der Waals surface area contributed by atoms with Gasteiger partial charge in [0.1, 0.15) is 5.75 Å². The zero-order valence-corrected chi connectivity index (χ0v) is 16.3. The average molecular weight is 376 g/mol. The highest BCUT2D eigenvalue weighted by Gasteiger charge is 2.29. The van der Waals surface area contributed by atoms with Gasteiger partial charge in [-0.2, -0.15) is 0 Å². The summed E-state index contributed by atoms with van der Waals surface area (Å²) in [6, 6.07) is 7.46. The Morgan fingerprint density at radius 1 is 1.26 bits per heavy atom. The molecular formula is C20H28N2O5. The summed E-state index contributed by atoms with van der Waals surface area (Å²) in [5.74, 6) is -0.312. The van der Waals surface area contributed by atoms with Gasteiger partial charge in [-0.1, -0.05) is 25.1 Å². The van der Waals surface area contributed by atoms with Crippen LogP contribution in [0.3, 0.4) is 0 Å². The highest BCUT2D eigenvalue weighted by molar-refractivity contribution is 5.82. The minimum atomic E-state index is -0.414. The number of hydrogen-bond donors (Lipinski definition) is 0. The van der Waals surface area contributed by atoms with Gasteiger partial charge in [0.15, 0.2) is 6.61 Å². The van der Waals surface area contributed by atoms with Gasteiger partial charge < -0.3 is 19.3 Å². The van der Waals surface area contributed by atoms with Crippen LogP contribution in [0.4, 0.5) is 0 Å². The molecule has 0 saturated carbocycles. The number of likely N-dealkylation sites (tertiary alicyclic amines) is 1. The molecule has 0 aliphatic carbocycles. The third-order valence-electron chi connectivity index (χ3n) is 4.77. The molecule has 1 saturated heterocycles. The molecule has 1 aliphatic rings. The molecule has 0 N–H and O–H groups in total. The van der Waals surface area contributed by atoms with E-state index in [2.05, 4.69) is 0 Å². The van der Waals surface area contributed by atoms with Gasteiger partial charge >= 0.3 is 5.97 Å². The Morgan fingerprint density at radius 3 is 2.70 bits per heavy atom. The van der Waals surface area contributed by atoms with Crippen LogP contribution in [-0.4, -0.2) is 61.4 Å². The summed E-state index contributed by atoms with van der Waals surface area (Å²) in [4.78, 5) is 39.6. The van der Waals surface area contributed by atoms with E-state index in [1.165, 1.54) is 4.90 Å². The number of para-hydroxylation sites is 1. The zero-order chi connectivity index (χ0) is 19.8. The van der Waals surface area contributed by atoms with Crippen LogP contribution in [0, 0.1) is 5.92 Å². The summed E-state index contributed by atoms with van der Waals surface area (Å²) < 4.78 is 10.5. The van der Waals surface area contributed by atoms with E-state index in [-0.39, 0.29) is 24.3 Å². The van der Waals surface area contributed by atoms with Crippen LogP contribution in [-0.2, 0) is 25.7 Å². The SMILES string of the molecule is CCC(=O)N1CCCC(C(=O)OCC(=O)N(C)Cc2ccccc2OC)C1. The number of hydrogen-bond acceptors (Lipinski definition) is 5. The van der Waals surface area contributed by atoms with Gasteiger partial charge in [-0.25, -0.2) is 0 Å². The lowest BCUT2D eigenvalue weighted by molar-refractivity contribution is -0.157. The fraction of sp³-hybridized carbons (Fsp3) is 0.550. The van der Waals surface area contributed by atoms with Crippen molar-refractivity contribution in [1.82, 2.24) is 9.80 Å². The first kappa shape index (κ1) is 20.7. The number of methoxy groups -OCH3 is 1. The van der Waals surface area contributed by atoms with Gasteiger partial charge in [-0.3, -0.25) is 14.4 Å². The lowest BCUT2D eigenvalue weighted by Gasteiger charge is -2.31. The van der Waals surface area contributed by atoms with Crippen molar-refractivity contribution in [1.29, 1.82) is 0 Å². The van der Waals surface area contributed by atoms with Crippen molar-refractivity contribution >= 4 is 17.8 Å². The first-order chi connectivity index (χ1) is 13.0. The molecule has 1 heterocycles. The van der Waals surface area contributed by atoms with Crippen LogP contribution in [0.1, 0.15) is 31.7 Å². The second kappa shape index (κ2) is 9.94. The Morgan fingerprint density at radius 2 is 2.00 bits per heavy atom. The molecule has 27 heavy (non-hydrogen) atoms. The third kappa shape index (κ3) is 5.70. The smallest absolute Gasteiger partial charge is 0.311 e. The van der Waals surface area contributed by atoms with Gasteiger partial charge in [0.2, 0.25) is 5.91 Å². The molecule has 1 aromatic carbocycles. The molecule has 0 bridgehead atoms. The number of piperidine rings is 1. The Bertz CT molecular complexity index is 676. The molecule has 1 aromatic rings. The number of amides is 2. The van der Waals surface area contributed by atoms with Crippen LogP contribution in [0.15, 0.2) is 24.3 Å². The predicted molar refractivity (Wildman–Crippen MR) is 100 cm³/mol. The maximum absolute atomic E-state index is 12.3. The molecule has 1 fully saturated rings. The van der Waals surface area contributed by atoms with E-state index in [1.54, 1.807) is 26.0 Å². The molecule has 1 aliphatic heterocycles. The largest absolute Gasteiger partial charge is 0.496 e. The Kier molecular flexibility index (Phi) is 7.64. The molecule has 2 rings (SSSR count). The summed E-state index contributed by atoms with van der Waals surface area (Å²) in [5.41, 5.74) is 0.878. The van der Waals surface area contributed by atoms with Crippen molar-refractivity contribution in [3.05, 3.63) is 29.8 Å². The third-order valence-corrected chi connectivity index (χ3v) is 4.77. The zero-order valence-electron chi connectivity index (χ0n) is 16.3. The molecule has 0 spiro atoms. The lowest BCUT2D eigenvalue weighted by atomic mass is 9.98. The topological polar surface area (TPSA) is 76.2 Å². The van der Waals surface area contributed by atoms with Gasteiger partial charge in [-0.05, 0) is 18.9 Å². The van der Waals surface area contributed by atoms with E-state index < -0.39 is 5.97 Å². The molecule has 1 atom stereocenters. The van der Waals surface area contributed by atoms with Crippen molar-refractivity contribution in [2.45, 2.75) is 32.7 Å². The Labute approximate surface area is 160 Å². The van der Waals surface area contributed by atoms with Gasteiger partial charge in [0.25, 0.3) is 5.91 Å². The number of carbonyl (C=O) groups excluding carboxylic acids is 3. The van der Waals surface area contributed by atoms with Crippen molar-refractivity contribution in [2.75, 3.05) is 33.9 Å². The van der Waals surface area contributed by atoms with Crippen molar-refractivity contribution < 1.29 is 23.9 Å². The van der Waals surface area contributed by atoms with Crippen molar-refractivity contribution in [2.24, 2.45) is 5.92 Å². The number of nitrogens with zero attached hydrogens (tertiary/aromatic N) is 2. The first-order valence-electron chi connectivity index (χ1n) is 9.26. The number of ether oxygens (including phenoxy) is 2. The lowest BCUT2D eigenvalue weighted by Crippen LogP contribution is -2.43.